The van der Waals surface area contributed by atoms with Crippen LogP contribution in [0.5, 0.6) is 0 Å². The molecule has 1 saturated carbocycles. The van der Waals surface area contributed by atoms with Crippen LogP contribution in [0.1, 0.15) is 34.9 Å². The summed E-state index contributed by atoms with van der Waals surface area (Å²) in [5.41, 5.74) is 15.3. The number of hydrogen-bond acceptors (Lipinski definition) is 9. The molecule has 0 spiro atoms. The van der Waals surface area contributed by atoms with E-state index in [1.54, 1.807) is 10.9 Å². The molecule has 9 nitrogen and oxygen atoms in total. The number of rotatable bonds is 4. The van der Waals surface area contributed by atoms with Crippen LogP contribution in [-0.4, -0.2) is 16.2 Å². The average Bonchev–Trinajstić information content (AvgIpc) is 3.41. The summed E-state index contributed by atoms with van der Waals surface area (Å²) in [5, 5.41) is 27.0. The first-order valence-electron chi connectivity index (χ1n) is 9.59. The van der Waals surface area contributed by atoms with Gasteiger partial charge in [0.15, 0.2) is 6.04 Å². The van der Waals surface area contributed by atoms with Crippen molar-refractivity contribution in [1.82, 2.24) is 10.3 Å². The lowest BCUT2D eigenvalue weighted by atomic mass is 9.96. The van der Waals surface area contributed by atoms with Crippen LogP contribution in [0.3, 0.4) is 0 Å². The van der Waals surface area contributed by atoms with Crippen LogP contribution in [0.4, 0.5) is 17.4 Å². The van der Waals surface area contributed by atoms with Crippen molar-refractivity contribution >= 4 is 44.8 Å². The number of aliphatic imine (C=N–C) groups is 1. The molecule has 4 N–H and O–H groups in total. The number of hydrogen-bond donors (Lipinski definition) is 2. The Balaban J connectivity index is 1.68. The molecular weight excluding hydrogens is 414 g/mol. The van der Waals surface area contributed by atoms with Crippen LogP contribution in [0, 0.1) is 18.3 Å². The zero-order valence-corrected chi connectivity index (χ0v) is 17.3. The Bertz CT molecular complexity index is 1390. The molecule has 3 heterocycles. The number of fused-ring (bicyclic) bond motifs is 1. The molecular formula is C21H17N7O2S. The van der Waals surface area contributed by atoms with Crippen LogP contribution in [-0.2, 0) is 0 Å². The van der Waals surface area contributed by atoms with E-state index in [2.05, 4.69) is 21.3 Å². The summed E-state index contributed by atoms with van der Waals surface area (Å²) in [4.78, 5) is 9.00. The number of nitrogens with two attached hydrogens (primary N) is 2. The summed E-state index contributed by atoms with van der Waals surface area (Å²) >= 11 is 1.08. The predicted octanol–water partition coefficient (Wildman–Crippen LogP) is 2.36. The summed E-state index contributed by atoms with van der Waals surface area (Å²) in [6.45, 7) is 1.97. The first kappa shape index (κ1) is 19.0. The molecule has 0 bridgehead atoms. The van der Waals surface area contributed by atoms with Gasteiger partial charge in [0.05, 0.1) is 10.6 Å². The molecule has 154 valence electrons. The van der Waals surface area contributed by atoms with E-state index < -0.39 is 5.90 Å². The third-order valence-corrected chi connectivity index (χ3v) is 6.24. The second kappa shape index (κ2) is 7.07. The van der Waals surface area contributed by atoms with Crippen molar-refractivity contribution in [2.75, 3.05) is 11.5 Å². The topological polar surface area (TPSA) is 154 Å². The van der Waals surface area contributed by atoms with Crippen molar-refractivity contribution in [2.24, 2.45) is 4.99 Å². The van der Waals surface area contributed by atoms with Crippen LogP contribution in [0.25, 0.3) is 21.3 Å². The highest BCUT2D eigenvalue weighted by Gasteiger charge is 2.35. The van der Waals surface area contributed by atoms with Crippen molar-refractivity contribution in [2.45, 2.75) is 25.8 Å². The minimum absolute atomic E-state index is 0.0865. The van der Waals surface area contributed by atoms with E-state index in [-0.39, 0.29) is 27.8 Å². The number of anilines is 2. The van der Waals surface area contributed by atoms with Crippen LogP contribution in [0.2, 0.25) is 0 Å². The number of nitriles is 1. The number of thiophene rings is 1. The predicted molar refractivity (Wildman–Crippen MR) is 114 cm³/mol. The zero-order valence-electron chi connectivity index (χ0n) is 16.5. The lowest BCUT2D eigenvalue weighted by molar-refractivity contribution is -0.765. The summed E-state index contributed by atoms with van der Waals surface area (Å²) < 4.78 is 6.81. The zero-order chi connectivity index (χ0) is 21.7. The number of aryl methyl sites for hydroxylation is 1. The number of benzene rings is 1. The Labute approximate surface area is 180 Å². The standard InChI is InChI=1S/C21H17N7O2S/c1-10-2-4-11(5-3-10)15-13(8-22)19(24)26-21-16(15)17(23)18(31-21)20(29)25-14-9-28(27-30-14)12-6-7-12/h2-5,9,12H,6-7H2,1H3,(H4-,23,24,25,26,27,29). The van der Waals surface area contributed by atoms with Crippen molar-refractivity contribution in [3.8, 4) is 17.2 Å². The Hall–Kier alpha value is -3.97. The molecule has 1 aromatic carbocycles. The average molecular weight is 431 g/mol. The van der Waals surface area contributed by atoms with Gasteiger partial charge in [0.2, 0.25) is 5.27 Å². The minimum Gasteiger partial charge on any atom is -0.857 e. The van der Waals surface area contributed by atoms with Gasteiger partial charge in [-0.2, -0.15) is 5.26 Å². The Morgan fingerprint density at radius 3 is 2.74 bits per heavy atom. The molecule has 0 radical (unpaired) electrons. The maximum atomic E-state index is 12.9. The van der Waals surface area contributed by atoms with Crippen molar-refractivity contribution in [1.29, 1.82) is 5.26 Å². The van der Waals surface area contributed by atoms with Gasteiger partial charge in [-0.05, 0) is 17.2 Å². The van der Waals surface area contributed by atoms with Gasteiger partial charge in [-0.25, -0.2) is 9.98 Å². The summed E-state index contributed by atoms with van der Waals surface area (Å²) in [6.07, 6.45) is 3.66. The normalized spacial score (nSPS) is 14.1. The molecule has 3 aromatic heterocycles. The molecule has 0 aliphatic heterocycles. The Morgan fingerprint density at radius 1 is 1.32 bits per heavy atom. The first-order chi connectivity index (χ1) is 15.0. The highest BCUT2D eigenvalue weighted by Crippen LogP contribution is 2.42. The van der Waals surface area contributed by atoms with Gasteiger partial charge in [-0.15, -0.1) is 11.3 Å². The van der Waals surface area contributed by atoms with E-state index in [4.69, 9.17) is 16.0 Å². The van der Waals surface area contributed by atoms with Gasteiger partial charge in [-0.1, -0.05) is 29.8 Å². The van der Waals surface area contributed by atoms with Gasteiger partial charge in [-0.3, -0.25) is 4.52 Å². The first-order valence-corrected chi connectivity index (χ1v) is 10.4. The molecule has 1 fully saturated rings. The van der Waals surface area contributed by atoms with Crippen LogP contribution < -0.4 is 21.3 Å². The summed E-state index contributed by atoms with van der Waals surface area (Å²) in [7, 11) is 0. The lowest BCUT2D eigenvalue weighted by Crippen LogP contribution is -2.32. The molecule has 0 amide bonds. The monoisotopic (exact) mass is 431 g/mol. The smallest absolute Gasteiger partial charge is 0.320 e. The van der Waals surface area contributed by atoms with Gasteiger partial charge >= 0.3 is 5.88 Å². The summed E-state index contributed by atoms with van der Waals surface area (Å²) in [5.74, 6) is -0.368. The Morgan fingerprint density at radius 2 is 2.06 bits per heavy atom. The van der Waals surface area contributed by atoms with Crippen molar-refractivity contribution < 1.29 is 14.3 Å². The fraction of sp³-hybridized carbons (Fsp3) is 0.190. The molecule has 5 rings (SSSR count). The molecule has 1 aliphatic rings. The van der Waals surface area contributed by atoms with Gasteiger partial charge in [0.1, 0.15) is 22.3 Å². The minimum atomic E-state index is -0.563. The number of nitrogens with zero attached hydrogens (tertiary/aromatic N) is 5. The number of aromatic nitrogens is 3. The fourth-order valence-corrected chi connectivity index (χ4v) is 4.41. The largest absolute Gasteiger partial charge is 0.857 e. The van der Waals surface area contributed by atoms with Gasteiger partial charge in [0.25, 0.3) is 6.20 Å². The SMILES string of the molecule is Cc1ccc(-c2c(C#N)c(N)nc3sc(/C([O-])=N/c4c[n+](C5CC5)no4)c(N)c23)cc1. The highest BCUT2D eigenvalue weighted by atomic mass is 32.1. The maximum Gasteiger partial charge on any atom is 0.320 e. The van der Waals surface area contributed by atoms with Gasteiger partial charge in [0, 0.05) is 29.7 Å². The fourth-order valence-electron chi connectivity index (χ4n) is 3.41. The molecule has 0 unspecified atom stereocenters. The van der Waals surface area contributed by atoms with E-state index in [9.17, 15) is 10.4 Å². The molecule has 31 heavy (non-hydrogen) atoms. The van der Waals surface area contributed by atoms with Crippen molar-refractivity contribution in [3.05, 3.63) is 46.5 Å². The molecule has 10 heteroatoms. The van der Waals surface area contributed by atoms with E-state index in [1.807, 2.05) is 31.2 Å². The quantitative estimate of drug-likeness (QED) is 0.285. The third-order valence-electron chi connectivity index (χ3n) is 5.16. The number of nitrogen functional groups attached to an aromatic ring is 2. The van der Waals surface area contributed by atoms with Crippen molar-refractivity contribution in [3.63, 3.8) is 0 Å². The lowest BCUT2D eigenvalue weighted by Gasteiger charge is -2.10. The van der Waals surface area contributed by atoms with E-state index >= 15 is 0 Å². The van der Waals surface area contributed by atoms with E-state index in [1.165, 1.54) is 0 Å². The third kappa shape index (κ3) is 3.25. The second-order valence-electron chi connectivity index (χ2n) is 7.42. The number of pyridine rings is 1. The highest BCUT2D eigenvalue weighted by molar-refractivity contribution is 7.21. The second-order valence-corrected chi connectivity index (χ2v) is 8.42. The molecule has 1 aliphatic carbocycles. The van der Waals surface area contributed by atoms with E-state index in [0.717, 1.165) is 35.3 Å². The summed E-state index contributed by atoms with van der Waals surface area (Å²) in [6, 6.07) is 10.1. The Kier molecular flexibility index (Phi) is 4.34. The maximum absolute atomic E-state index is 12.9. The molecule has 0 saturated heterocycles. The molecule has 0 atom stereocenters. The van der Waals surface area contributed by atoms with Crippen LogP contribution >= 0.6 is 11.3 Å². The van der Waals surface area contributed by atoms with E-state index in [0.29, 0.717) is 21.8 Å². The van der Waals surface area contributed by atoms with Gasteiger partial charge < -0.3 is 16.6 Å². The molecule has 4 aromatic rings. The van der Waals surface area contributed by atoms with Crippen LogP contribution in [0.15, 0.2) is 40.0 Å².